The highest BCUT2D eigenvalue weighted by molar-refractivity contribution is 8.00. The number of carbonyl (C=O) groups excluding carboxylic acids is 1. The molecule has 3 nitrogen and oxygen atoms in total. The molecule has 0 N–H and O–H groups in total. The number of nitrogens with zero attached hydrogens (tertiary/aromatic N) is 1. The second-order valence-corrected chi connectivity index (χ2v) is 2.90. The minimum absolute atomic E-state index is 0.0912. The van der Waals surface area contributed by atoms with Gasteiger partial charge in [0, 0.05) is 0 Å². The largest absolute Gasteiger partial charge is 0.365 e. The fourth-order valence-corrected chi connectivity index (χ4v) is 1.06. The first-order valence-corrected chi connectivity index (χ1v) is 3.96. The first-order chi connectivity index (χ1) is 4.70. The van der Waals surface area contributed by atoms with Gasteiger partial charge in [-0.3, -0.25) is 0 Å². The van der Waals surface area contributed by atoms with Gasteiger partial charge in [0.1, 0.15) is 0 Å². The van der Waals surface area contributed by atoms with Gasteiger partial charge in [0.2, 0.25) is 0 Å². The van der Waals surface area contributed by atoms with Crippen LogP contribution in [0.15, 0.2) is 0 Å². The zero-order chi connectivity index (χ0) is 7.98. The van der Waals surface area contributed by atoms with E-state index in [-0.39, 0.29) is 11.0 Å². The summed E-state index contributed by atoms with van der Waals surface area (Å²) in [6.07, 6.45) is 0.675. The number of hydrogen-bond acceptors (Lipinski definition) is 3. The minimum atomic E-state index is -1.11. The van der Waals surface area contributed by atoms with Crippen molar-refractivity contribution in [1.29, 1.82) is 5.26 Å². The van der Waals surface area contributed by atoms with Crippen molar-refractivity contribution >= 4 is 17.7 Å². The summed E-state index contributed by atoms with van der Waals surface area (Å²) in [5.41, 5.74) is 0. The highest BCUT2D eigenvalue weighted by Crippen LogP contribution is 2.12. The van der Waals surface area contributed by atoms with Crippen molar-refractivity contribution in [3.63, 3.8) is 0 Å². The predicted octanol–water partition coefficient (Wildman–Crippen LogP) is 0.979. The second kappa shape index (κ2) is 5.12. The Kier molecular flexibility index (Phi) is 4.77. The number of rotatable bonds is 4. The lowest BCUT2D eigenvalue weighted by Crippen LogP contribution is -2.03. The Bertz CT molecular complexity index is 152. The smallest absolute Gasteiger partial charge is 0.246 e. The maximum absolute atomic E-state index is 9.89. The SMILES string of the molecule is CCC(C#N)SCC([O])=O. The van der Waals surface area contributed by atoms with Gasteiger partial charge in [-0.1, -0.05) is 6.92 Å². The normalized spacial score (nSPS) is 12.0. The molecule has 1 atom stereocenters. The van der Waals surface area contributed by atoms with Crippen molar-refractivity contribution in [2.24, 2.45) is 0 Å². The van der Waals surface area contributed by atoms with Gasteiger partial charge in [-0.25, -0.2) is 9.90 Å². The zero-order valence-electron chi connectivity index (χ0n) is 5.66. The van der Waals surface area contributed by atoms with Gasteiger partial charge < -0.3 is 0 Å². The summed E-state index contributed by atoms with van der Waals surface area (Å²) in [6, 6.07) is 1.98. The number of thioether (sulfide) groups is 1. The van der Waals surface area contributed by atoms with E-state index in [2.05, 4.69) is 0 Å². The molecule has 0 aromatic heterocycles. The standard InChI is InChI=1S/C6H8NO2S/c1-2-5(3-7)10-4-6(8)9/h5H,2,4H2,1H3. The molecular weight excluding hydrogens is 150 g/mol. The maximum Gasteiger partial charge on any atom is 0.365 e. The van der Waals surface area contributed by atoms with Crippen LogP contribution in [-0.4, -0.2) is 17.0 Å². The van der Waals surface area contributed by atoms with Crippen molar-refractivity contribution in [3.05, 3.63) is 0 Å². The average molecular weight is 158 g/mol. The molecule has 1 radical (unpaired) electrons. The third-order valence-electron chi connectivity index (χ3n) is 0.917. The van der Waals surface area contributed by atoms with E-state index in [1.165, 1.54) is 0 Å². The van der Waals surface area contributed by atoms with Crippen molar-refractivity contribution in [2.75, 3.05) is 5.75 Å². The van der Waals surface area contributed by atoms with Crippen molar-refractivity contribution in [2.45, 2.75) is 18.6 Å². The molecule has 55 valence electrons. The van der Waals surface area contributed by atoms with E-state index in [4.69, 9.17) is 5.26 Å². The van der Waals surface area contributed by atoms with Crippen LogP contribution < -0.4 is 0 Å². The van der Waals surface area contributed by atoms with E-state index in [1.54, 1.807) is 0 Å². The van der Waals surface area contributed by atoms with Crippen LogP contribution in [-0.2, 0) is 9.90 Å². The van der Waals surface area contributed by atoms with Crippen molar-refractivity contribution < 1.29 is 9.90 Å². The van der Waals surface area contributed by atoms with Gasteiger partial charge in [-0.15, -0.1) is 11.8 Å². The van der Waals surface area contributed by atoms with E-state index < -0.39 is 5.97 Å². The van der Waals surface area contributed by atoms with Gasteiger partial charge in [-0.2, -0.15) is 5.26 Å². The number of hydrogen-bond donors (Lipinski definition) is 0. The highest BCUT2D eigenvalue weighted by Gasteiger charge is 2.07. The molecule has 0 spiro atoms. The van der Waals surface area contributed by atoms with Gasteiger partial charge in [0.25, 0.3) is 0 Å². The first-order valence-electron chi connectivity index (χ1n) is 2.91. The molecule has 0 bridgehead atoms. The summed E-state index contributed by atoms with van der Waals surface area (Å²) >= 11 is 1.11. The molecule has 4 heteroatoms. The second-order valence-electron chi connectivity index (χ2n) is 1.71. The topological polar surface area (TPSA) is 60.8 Å². The summed E-state index contributed by atoms with van der Waals surface area (Å²) in [6.45, 7) is 1.84. The van der Waals surface area contributed by atoms with E-state index >= 15 is 0 Å². The molecule has 0 aliphatic rings. The Labute approximate surface area is 64.0 Å². The summed E-state index contributed by atoms with van der Waals surface area (Å²) in [4.78, 5) is 9.89. The monoisotopic (exact) mass is 158 g/mol. The minimum Gasteiger partial charge on any atom is -0.246 e. The van der Waals surface area contributed by atoms with Gasteiger partial charge in [0.05, 0.1) is 17.1 Å². The molecule has 1 unspecified atom stereocenters. The molecule has 0 saturated heterocycles. The van der Waals surface area contributed by atoms with Crippen LogP contribution in [0, 0.1) is 11.3 Å². The lowest BCUT2D eigenvalue weighted by molar-refractivity contribution is -0.139. The van der Waals surface area contributed by atoms with Gasteiger partial charge in [0.15, 0.2) is 0 Å². The van der Waals surface area contributed by atoms with Crippen LogP contribution in [0.3, 0.4) is 0 Å². The van der Waals surface area contributed by atoms with Gasteiger partial charge >= 0.3 is 5.97 Å². The first kappa shape index (κ1) is 9.31. The molecule has 0 saturated carbocycles. The molecule has 0 rings (SSSR count). The average Bonchev–Trinajstić information content (AvgIpc) is 1.90. The molecule has 0 amide bonds. The summed E-state index contributed by atoms with van der Waals surface area (Å²) in [5, 5.41) is 18.0. The number of nitriles is 1. The third kappa shape index (κ3) is 4.21. The van der Waals surface area contributed by atoms with Crippen LogP contribution >= 0.6 is 11.8 Å². The molecule has 0 heterocycles. The van der Waals surface area contributed by atoms with Crippen LogP contribution in [0.1, 0.15) is 13.3 Å². The summed E-state index contributed by atoms with van der Waals surface area (Å²) < 4.78 is 0. The Morgan fingerprint density at radius 2 is 2.40 bits per heavy atom. The van der Waals surface area contributed by atoms with Crippen LogP contribution in [0.5, 0.6) is 0 Å². The van der Waals surface area contributed by atoms with Gasteiger partial charge in [-0.05, 0) is 6.42 Å². The van der Waals surface area contributed by atoms with E-state index in [9.17, 15) is 9.90 Å². The number of carbonyl (C=O) groups is 1. The maximum atomic E-state index is 9.89. The molecule has 0 aromatic rings. The molecule has 0 aliphatic carbocycles. The Balaban J connectivity index is 3.47. The summed E-state index contributed by atoms with van der Waals surface area (Å²) in [7, 11) is 0. The molecular formula is C6H8NO2S. The quantitative estimate of drug-likeness (QED) is 0.612. The molecule has 0 fully saturated rings. The van der Waals surface area contributed by atoms with E-state index in [0.717, 1.165) is 11.8 Å². The van der Waals surface area contributed by atoms with Crippen LogP contribution in [0.25, 0.3) is 0 Å². The highest BCUT2D eigenvalue weighted by atomic mass is 32.2. The Morgan fingerprint density at radius 1 is 1.80 bits per heavy atom. The lowest BCUT2D eigenvalue weighted by atomic mass is 10.4. The van der Waals surface area contributed by atoms with Crippen molar-refractivity contribution in [3.8, 4) is 6.07 Å². The van der Waals surface area contributed by atoms with Crippen LogP contribution in [0.2, 0.25) is 0 Å². The molecule has 10 heavy (non-hydrogen) atoms. The van der Waals surface area contributed by atoms with Crippen LogP contribution in [0.4, 0.5) is 0 Å². The Hall–Kier alpha value is -0.690. The molecule has 0 aliphatic heterocycles. The third-order valence-corrected chi connectivity index (χ3v) is 2.16. The van der Waals surface area contributed by atoms with E-state index in [1.807, 2.05) is 13.0 Å². The van der Waals surface area contributed by atoms with Crippen molar-refractivity contribution in [1.82, 2.24) is 0 Å². The predicted molar refractivity (Wildman–Crippen MR) is 37.8 cm³/mol. The van der Waals surface area contributed by atoms with E-state index in [0.29, 0.717) is 6.42 Å². The Morgan fingerprint density at radius 3 is 2.70 bits per heavy atom. The molecule has 0 aromatic carbocycles. The fourth-order valence-electron chi connectivity index (χ4n) is 0.415. The lowest BCUT2D eigenvalue weighted by Gasteiger charge is -1.99. The fraction of sp³-hybridized carbons (Fsp3) is 0.667. The summed E-state index contributed by atoms with van der Waals surface area (Å²) in [5.74, 6) is -1.20. The zero-order valence-corrected chi connectivity index (χ0v) is 6.48.